The molecule has 180 valence electrons. The topological polar surface area (TPSA) is 87.2 Å². The van der Waals surface area contributed by atoms with E-state index in [-0.39, 0.29) is 29.0 Å². The second kappa shape index (κ2) is 10.3. The van der Waals surface area contributed by atoms with Crippen LogP contribution in [0.1, 0.15) is 71.9 Å². The van der Waals surface area contributed by atoms with Gasteiger partial charge in [-0.25, -0.2) is 0 Å². The summed E-state index contributed by atoms with van der Waals surface area (Å²) >= 11 is 0. The molecule has 1 aliphatic carbocycles. The molecule has 0 saturated heterocycles. The van der Waals surface area contributed by atoms with Gasteiger partial charge in [-0.3, -0.25) is 14.4 Å². The third-order valence-corrected chi connectivity index (χ3v) is 6.61. The number of aromatic amines is 1. The molecule has 1 fully saturated rings. The fourth-order valence-electron chi connectivity index (χ4n) is 4.91. The average Bonchev–Trinajstić information content (AvgIpc) is 3.49. The van der Waals surface area contributed by atoms with Crippen molar-refractivity contribution in [2.24, 2.45) is 5.92 Å². The number of hydrogen-bond acceptors (Lipinski definition) is 3. The van der Waals surface area contributed by atoms with Gasteiger partial charge < -0.3 is 19.8 Å². The molecule has 1 aliphatic rings. The summed E-state index contributed by atoms with van der Waals surface area (Å²) in [6, 6.07) is 8.24. The van der Waals surface area contributed by atoms with Crippen molar-refractivity contribution in [1.29, 1.82) is 0 Å². The number of pyridine rings is 1. The van der Waals surface area contributed by atoms with Gasteiger partial charge in [0.1, 0.15) is 11.1 Å². The maximum Gasteiger partial charge on any atom is 0.259 e. The molecule has 1 saturated carbocycles. The molecule has 3 aromatic rings. The second-order valence-electron chi connectivity index (χ2n) is 9.75. The van der Waals surface area contributed by atoms with Crippen LogP contribution >= 0.6 is 0 Å². The van der Waals surface area contributed by atoms with E-state index in [0.717, 1.165) is 42.1 Å². The van der Waals surface area contributed by atoms with E-state index >= 15 is 0 Å². The molecule has 4 rings (SSSR count). The Morgan fingerprint density at radius 3 is 2.59 bits per heavy atom. The van der Waals surface area contributed by atoms with Crippen LogP contribution in [0.3, 0.4) is 0 Å². The summed E-state index contributed by atoms with van der Waals surface area (Å²) in [5.41, 5.74) is 1.77. The summed E-state index contributed by atoms with van der Waals surface area (Å²) in [7, 11) is 1.70. The fraction of sp³-hybridized carbons (Fsp3) is 0.444. The Bertz CT molecular complexity index is 1230. The number of amides is 2. The minimum atomic E-state index is -0.501. The van der Waals surface area contributed by atoms with Crippen LogP contribution in [-0.4, -0.2) is 46.4 Å². The molecular weight excluding hydrogens is 428 g/mol. The van der Waals surface area contributed by atoms with Gasteiger partial charge in [0.05, 0.1) is 0 Å². The number of carbonyl (C=O) groups excluding carboxylic acids is 2. The Morgan fingerprint density at radius 2 is 1.85 bits per heavy atom. The van der Waals surface area contributed by atoms with Gasteiger partial charge in [-0.1, -0.05) is 44.9 Å². The maximum atomic E-state index is 13.2. The Balaban J connectivity index is 1.56. The van der Waals surface area contributed by atoms with Crippen LogP contribution < -0.4 is 10.7 Å². The third-order valence-electron chi connectivity index (χ3n) is 6.61. The van der Waals surface area contributed by atoms with Gasteiger partial charge in [-0.2, -0.15) is 0 Å². The first-order valence-electron chi connectivity index (χ1n) is 12.2. The van der Waals surface area contributed by atoms with Crippen LogP contribution in [0, 0.1) is 5.92 Å². The number of benzene rings is 1. The van der Waals surface area contributed by atoms with Crippen LogP contribution in [0.4, 0.5) is 0 Å². The highest BCUT2D eigenvalue weighted by molar-refractivity contribution is 5.99. The van der Waals surface area contributed by atoms with E-state index in [1.807, 2.05) is 48.9 Å². The zero-order chi connectivity index (χ0) is 24.2. The summed E-state index contributed by atoms with van der Waals surface area (Å²) in [5, 5.41) is 4.02. The number of rotatable bonds is 8. The highest BCUT2D eigenvalue weighted by atomic mass is 16.2. The normalized spacial score (nSPS) is 14.1. The second-order valence-corrected chi connectivity index (χ2v) is 9.75. The van der Waals surface area contributed by atoms with Crippen LogP contribution in [-0.2, 0) is 6.42 Å². The van der Waals surface area contributed by atoms with Gasteiger partial charge in [-0.15, -0.1) is 0 Å². The summed E-state index contributed by atoms with van der Waals surface area (Å²) in [6.07, 6.45) is 10.1. The highest BCUT2D eigenvalue weighted by Crippen LogP contribution is 2.29. The molecule has 0 atom stereocenters. The molecule has 0 radical (unpaired) electrons. The van der Waals surface area contributed by atoms with Crippen molar-refractivity contribution in [3.8, 4) is 0 Å². The lowest BCUT2D eigenvalue weighted by Crippen LogP contribution is -2.38. The Hall–Kier alpha value is -3.35. The Labute approximate surface area is 200 Å². The number of aromatic nitrogens is 2. The molecule has 2 N–H and O–H groups in total. The number of nitrogens with one attached hydrogen (secondary N) is 2. The number of nitrogens with zero attached hydrogens (tertiary/aromatic N) is 2. The predicted octanol–water partition coefficient (Wildman–Crippen LogP) is 4.15. The number of carbonyl (C=O) groups is 2. The van der Waals surface area contributed by atoms with Crippen LogP contribution in [0.25, 0.3) is 10.9 Å². The van der Waals surface area contributed by atoms with Gasteiger partial charge >= 0.3 is 0 Å². The summed E-state index contributed by atoms with van der Waals surface area (Å²) in [4.78, 5) is 44.3. The first kappa shape index (κ1) is 23.8. The molecule has 2 amide bonds. The van der Waals surface area contributed by atoms with Crippen molar-refractivity contribution in [2.75, 3.05) is 20.1 Å². The van der Waals surface area contributed by atoms with Crippen molar-refractivity contribution < 1.29 is 9.59 Å². The Kier molecular flexibility index (Phi) is 7.20. The molecule has 2 heterocycles. The van der Waals surface area contributed by atoms with Crippen LogP contribution in [0.5, 0.6) is 0 Å². The molecule has 7 nitrogen and oxygen atoms in total. The van der Waals surface area contributed by atoms with E-state index < -0.39 is 11.3 Å². The molecule has 2 aromatic heterocycles. The van der Waals surface area contributed by atoms with Gasteiger partial charge in [-0.05, 0) is 36.8 Å². The molecule has 0 aliphatic heterocycles. The number of H-pyrrole nitrogens is 1. The van der Waals surface area contributed by atoms with Crippen LogP contribution in [0.15, 0.2) is 47.7 Å². The highest BCUT2D eigenvalue weighted by Gasteiger charge is 2.25. The fourth-order valence-corrected chi connectivity index (χ4v) is 4.91. The molecule has 1 aromatic carbocycles. The minimum absolute atomic E-state index is 0.0367. The molecule has 0 spiro atoms. The standard InChI is InChI=1S/C27H34N4O3/c1-18(2)15-30(3)27(34)23-17-31(20-8-4-5-9-20)16-22(25(23)32)26(33)28-13-12-19-14-29-24-11-7-6-10-21(19)24/h6-7,10-11,14,16-18,20,29H,4-5,8-9,12-13,15H2,1-3H3,(H,28,33). The van der Waals surface area contributed by atoms with Gasteiger partial charge in [0.15, 0.2) is 0 Å². The quantitative estimate of drug-likeness (QED) is 0.527. The molecule has 0 bridgehead atoms. The zero-order valence-electron chi connectivity index (χ0n) is 20.3. The minimum Gasteiger partial charge on any atom is -0.361 e. The van der Waals surface area contributed by atoms with Crippen molar-refractivity contribution in [2.45, 2.75) is 52.0 Å². The average molecular weight is 463 g/mol. The lowest BCUT2D eigenvalue weighted by atomic mass is 10.1. The summed E-state index contributed by atoms with van der Waals surface area (Å²) in [5.74, 6) is -0.487. The SMILES string of the molecule is CC(C)CN(C)C(=O)c1cn(C2CCCC2)cc(C(=O)NCCc2c[nH]c3ccccc23)c1=O. The number of fused-ring (bicyclic) bond motifs is 1. The number of para-hydroxylation sites is 1. The summed E-state index contributed by atoms with van der Waals surface area (Å²) < 4.78 is 1.92. The third kappa shape index (κ3) is 5.08. The largest absolute Gasteiger partial charge is 0.361 e. The molecular formula is C27H34N4O3. The van der Waals surface area contributed by atoms with E-state index in [4.69, 9.17) is 0 Å². The van der Waals surface area contributed by atoms with Gasteiger partial charge in [0.2, 0.25) is 5.43 Å². The van der Waals surface area contributed by atoms with Crippen molar-refractivity contribution in [1.82, 2.24) is 19.8 Å². The van der Waals surface area contributed by atoms with Crippen molar-refractivity contribution in [3.63, 3.8) is 0 Å². The van der Waals surface area contributed by atoms with Gasteiger partial charge in [0, 0.05) is 55.7 Å². The molecule has 7 heteroatoms. The van der Waals surface area contributed by atoms with E-state index in [1.54, 1.807) is 24.3 Å². The van der Waals surface area contributed by atoms with E-state index in [1.165, 1.54) is 0 Å². The van der Waals surface area contributed by atoms with E-state index in [9.17, 15) is 14.4 Å². The van der Waals surface area contributed by atoms with Gasteiger partial charge in [0.25, 0.3) is 11.8 Å². The lowest BCUT2D eigenvalue weighted by molar-refractivity contribution is 0.0776. The first-order chi connectivity index (χ1) is 16.3. The lowest BCUT2D eigenvalue weighted by Gasteiger charge is -2.22. The predicted molar refractivity (Wildman–Crippen MR) is 134 cm³/mol. The van der Waals surface area contributed by atoms with Crippen molar-refractivity contribution >= 4 is 22.7 Å². The van der Waals surface area contributed by atoms with Crippen molar-refractivity contribution in [3.05, 3.63) is 69.8 Å². The maximum absolute atomic E-state index is 13.2. The first-order valence-corrected chi connectivity index (χ1v) is 12.2. The summed E-state index contributed by atoms with van der Waals surface area (Å²) in [6.45, 7) is 4.99. The number of hydrogen-bond donors (Lipinski definition) is 2. The van der Waals surface area contributed by atoms with E-state index in [0.29, 0.717) is 19.5 Å². The van der Waals surface area contributed by atoms with Crippen LogP contribution in [0.2, 0.25) is 0 Å². The smallest absolute Gasteiger partial charge is 0.259 e. The zero-order valence-corrected chi connectivity index (χ0v) is 20.3. The van der Waals surface area contributed by atoms with E-state index in [2.05, 4.69) is 10.3 Å². The molecule has 0 unspecified atom stereocenters. The molecule has 34 heavy (non-hydrogen) atoms. The monoisotopic (exact) mass is 462 g/mol. The Morgan fingerprint density at radius 1 is 1.15 bits per heavy atom.